The van der Waals surface area contributed by atoms with Crippen molar-refractivity contribution in [2.75, 3.05) is 0 Å². The summed E-state index contributed by atoms with van der Waals surface area (Å²) >= 11 is 0. The molecule has 0 aromatic heterocycles. The molecule has 0 bridgehead atoms. The first-order valence-corrected chi connectivity index (χ1v) is 15.6. The van der Waals surface area contributed by atoms with Crippen molar-refractivity contribution in [3.05, 3.63) is 186 Å². The Kier molecular flexibility index (Phi) is 8.34. The first-order chi connectivity index (χ1) is 19.8. The summed E-state index contributed by atoms with van der Waals surface area (Å²) in [5.74, 6) is 0.233. The monoisotopic (exact) mass is 536 g/mol. The third kappa shape index (κ3) is 4.57. The van der Waals surface area contributed by atoms with E-state index in [0.717, 1.165) is 0 Å². The molecule has 5 aromatic carbocycles. The molecule has 0 N–H and O–H groups in total. The summed E-state index contributed by atoms with van der Waals surface area (Å²) in [6, 6.07) is 48.7. The summed E-state index contributed by atoms with van der Waals surface area (Å²) < 4.78 is 0. The maximum absolute atomic E-state index is 4.26. The molecule has 0 atom stereocenters. The van der Waals surface area contributed by atoms with Crippen LogP contribution in [-0.2, 0) is 0 Å². The minimum atomic E-state index is -1.78. The average molecular weight is 537 g/mol. The van der Waals surface area contributed by atoms with Crippen molar-refractivity contribution in [2.24, 2.45) is 0 Å². The zero-order chi connectivity index (χ0) is 28.0. The molecule has 0 nitrogen and oxygen atoms in total. The van der Waals surface area contributed by atoms with E-state index in [1.165, 1.54) is 47.4 Å². The lowest BCUT2D eigenvalue weighted by Gasteiger charge is -2.42. The Labute approximate surface area is 241 Å². The molecule has 0 unspecified atom stereocenters. The van der Waals surface area contributed by atoms with Crippen LogP contribution >= 0.6 is 10.0 Å². The molecule has 0 heterocycles. The molecule has 1 heteroatoms. The molecule has 0 radical (unpaired) electrons. The zero-order valence-electron chi connectivity index (χ0n) is 23.3. The zero-order valence-corrected chi connectivity index (χ0v) is 24.2. The predicted octanol–water partition coefficient (Wildman–Crippen LogP) is 11.4. The van der Waals surface area contributed by atoms with E-state index in [1.54, 1.807) is 0 Å². The molecule has 0 amide bonds. The van der Waals surface area contributed by atoms with Crippen molar-refractivity contribution in [3.8, 4) is 11.1 Å². The lowest BCUT2D eigenvalue weighted by atomic mass is 9.89. The Hall–Kier alpha value is -4.33. The summed E-state index contributed by atoms with van der Waals surface area (Å²) in [6.07, 6.45) is 6.01. The van der Waals surface area contributed by atoms with Crippen LogP contribution in [0.1, 0.15) is 36.5 Å². The molecule has 198 valence electrons. The van der Waals surface area contributed by atoms with Gasteiger partial charge in [-0.15, -0.1) is 10.0 Å². The first kappa shape index (κ1) is 27.2. The van der Waals surface area contributed by atoms with Crippen LogP contribution in [0.4, 0.5) is 0 Å². The van der Waals surface area contributed by atoms with Gasteiger partial charge in [0.1, 0.15) is 0 Å². The number of rotatable bonds is 7. The highest BCUT2D eigenvalue weighted by atomic mass is 32.3. The number of benzene rings is 5. The molecular formula is C39H36S. The van der Waals surface area contributed by atoms with Crippen molar-refractivity contribution in [3.63, 3.8) is 0 Å². The van der Waals surface area contributed by atoms with Crippen LogP contribution in [0.15, 0.2) is 184 Å². The van der Waals surface area contributed by atoms with Gasteiger partial charge in [-0.25, -0.2) is 0 Å². The third-order valence-electron chi connectivity index (χ3n) is 7.43. The highest BCUT2D eigenvalue weighted by Crippen LogP contribution is 2.73. The van der Waals surface area contributed by atoms with Crippen molar-refractivity contribution >= 4 is 10.0 Å². The predicted molar refractivity (Wildman–Crippen MR) is 174 cm³/mol. The van der Waals surface area contributed by atoms with E-state index in [1.807, 2.05) is 26.0 Å². The fourth-order valence-electron chi connectivity index (χ4n) is 5.86. The number of allylic oxidation sites excluding steroid dienone is 3. The molecule has 0 aliphatic heterocycles. The van der Waals surface area contributed by atoms with Crippen molar-refractivity contribution < 1.29 is 0 Å². The fourth-order valence-corrected chi connectivity index (χ4v) is 9.71. The van der Waals surface area contributed by atoms with Gasteiger partial charge >= 0.3 is 0 Å². The van der Waals surface area contributed by atoms with Crippen LogP contribution in [0.2, 0.25) is 0 Å². The van der Waals surface area contributed by atoms with Gasteiger partial charge in [0.15, 0.2) is 0 Å². The Morgan fingerprint density at radius 3 is 1.43 bits per heavy atom. The standard InChI is InChI=1S/C37H30S.C2H6/c1-3-15-29(4-2)38(30-16-7-5-8-17-30,31-18-9-6-10-19-31)32-26-24-28(25-27-32)37-35-22-13-11-20-33(35)34-21-12-14-23-36(34)37;1-2/h3-27,37H,1-2H2;1-2H3/b29-15+;. The maximum Gasteiger partial charge on any atom is 0.0352 e. The van der Waals surface area contributed by atoms with E-state index in [2.05, 4.69) is 153 Å². The second-order valence-corrected chi connectivity index (χ2v) is 12.5. The smallest absolute Gasteiger partial charge is 0.0352 e. The van der Waals surface area contributed by atoms with Gasteiger partial charge in [0.25, 0.3) is 0 Å². The van der Waals surface area contributed by atoms with Gasteiger partial charge < -0.3 is 0 Å². The molecule has 1 aliphatic rings. The molecule has 40 heavy (non-hydrogen) atoms. The minimum absolute atomic E-state index is 0.233. The number of hydrogen-bond donors (Lipinski definition) is 0. The highest BCUT2D eigenvalue weighted by molar-refractivity contribution is 8.37. The number of fused-ring (bicyclic) bond motifs is 3. The Morgan fingerprint density at radius 1 is 0.550 bits per heavy atom. The number of hydrogen-bond acceptors (Lipinski definition) is 0. The lowest BCUT2D eigenvalue weighted by molar-refractivity contribution is 1.01. The van der Waals surface area contributed by atoms with Gasteiger partial charge in [-0.3, -0.25) is 0 Å². The largest absolute Gasteiger partial charge is 0.133 e. The van der Waals surface area contributed by atoms with Crippen LogP contribution in [0.5, 0.6) is 0 Å². The summed E-state index contributed by atoms with van der Waals surface area (Å²) in [5.41, 5.74) is 6.75. The Bertz CT molecular complexity index is 1540. The second kappa shape index (κ2) is 12.2. The van der Waals surface area contributed by atoms with Gasteiger partial charge in [-0.1, -0.05) is 136 Å². The quantitative estimate of drug-likeness (QED) is 0.178. The van der Waals surface area contributed by atoms with Crippen LogP contribution in [0.3, 0.4) is 0 Å². The molecular weight excluding hydrogens is 500 g/mol. The van der Waals surface area contributed by atoms with E-state index in [-0.39, 0.29) is 5.92 Å². The van der Waals surface area contributed by atoms with Crippen molar-refractivity contribution in [1.29, 1.82) is 0 Å². The van der Waals surface area contributed by atoms with E-state index in [4.69, 9.17) is 0 Å². The van der Waals surface area contributed by atoms with Crippen molar-refractivity contribution in [1.82, 2.24) is 0 Å². The second-order valence-electron chi connectivity index (χ2n) is 9.42. The van der Waals surface area contributed by atoms with Crippen LogP contribution in [-0.4, -0.2) is 0 Å². The lowest BCUT2D eigenvalue weighted by Crippen LogP contribution is -2.07. The highest BCUT2D eigenvalue weighted by Gasteiger charge is 2.34. The summed E-state index contributed by atoms with van der Waals surface area (Å²) in [6.45, 7) is 12.3. The van der Waals surface area contributed by atoms with E-state index >= 15 is 0 Å². The fraction of sp³-hybridized carbons (Fsp3) is 0.0769. The summed E-state index contributed by atoms with van der Waals surface area (Å²) in [5, 5.41) is 0. The van der Waals surface area contributed by atoms with Gasteiger partial charge in [0, 0.05) is 25.5 Å². The first-order valence-electron chi connectivity index (χ1n) is 14.0. The normalized spacial score (nSPS) is 12.9. The molecule has 0 saturated heterocycles. The Morgan fingerprint density at radius 2 is 0.975 bits per heavy atom. The average Bonchev–Trinajstić information content (AvgIpc) is 3.38. The van der Waals surface area contributed by atoms with Crippen molar-refractivity contribution in [2.45, 2.75) is 34.5 Å². The molecule has 1 aliphatic carbocycles. The van der Waals surface area contributed by atoms with Gasteiger partial charge in [-0.05, 0) is 70.3 Å². The molecule has 0 fully saturated rings. The molecule has 5 aromatic rings. The summed E-state index contributed by atoms with van der Waals surface area (Å²) in [4.78, 5) is 5.02. The third-order valence-corrected chi connectivity index (χ3v) is 11.4. The molecule has 0 spiro atoms. The molecule has 0 saturated carbocycles. The van der Waals surface area contributed by atoms with E-state index < -0.39 is 10.0 Å². The van der Waals surface area contributed by atoms with Gasteiger partial charge in [0.05, 0.1) is 0 Å². The van der Waals surface area contributed by atoms with E-state index in [9.17, 15) is 0 Å². The van der Waals surface area contributed by atoms with Crippen LogP contribution in [0, 0.1) is 0 Å². The van der Waals surface area contributed by atoms with Crippen LogP contribution < -0.4 is 0 Å². The van der Waals surface area contributed by atoms with Gasteiger partial charge in [0.2, 0.25) is 0 Å². The SMILES string of the molecule is C=C/C=C(\C=C)S(c1ccccc1)(c1ccccc1)c1ccc(C2c3ccccc3-c3ccccc32)cc1.CC. The van der Waals surface area contributed by atoms with Gasteiger partial charge in [-0.2, -0.15) is 0 Å². The van der Waals surface area contributed by atoms with Crippen LogP contribution in [0.25, 0.3) is 11.1 Å². The maximum atomic E-state index is 4.26. The topological polar surface area (TPSA) is 0 Å². The van der Waals surface area contributed by atoms with E-state index in [0.29, 0.717) is 0 Å². The molecule has 6 rings (SSSR count). The summed E-state index contributed by atoms with van der Waals surface area (Å²) in [7, 11) is -1.78. The Balaban J connectivity index is 0.00000158. The minimum Gasteiger partial charge on any atom is -0.133 e.